The molecule has 4 nitrogen and oxygen atoms in total. The summed E-state index contributed by atoms with van der Waals surface area (Å²) in [6.07, 6.45) is -3.01. The van der Waals surface area contributed by atoms with E-state index in [4.69, 9.17) is 0 Å². The molecule has 0 aromatic carbocycles. The van der Waals surface area contributed by atoms with E-state index in [0.29, 0.717) is 12.0 Å². The molecule has 3 rings (SSSR count). The predicted octanol–water partition coefficient (Wildman–Crippen LogP) is 0.844. The van der Waals surface area contributed by atoms with Crippen molar-refractivity contribution in [1.29, 1.82) is 0 Å². The molecule has 0 aliphatic carbocycles. The first kappa shape index (κ1) is 12.0. The maximum Gasteiger partial charge on any atom is 0.433 e. The highest BCUT2D eigenvalue weighted by atomic mass is 19.4. The van der Waals surface area contributed by atoms with Crippen LogP contribution in [-0.4, -0.2) is 40.9 Å². The molecule has 0 atom stereocenters. The van der Waals surface area contributed by atoms with Crippen LogP contribution in [0, 0.1) is 5.41 Å². The molecule has 0 unspecified atom stereocenters. The Morgan fingerprint density at radius 1 is 1.39 bits per heavy atom. The van der Waals surface area contributed by atoms with Crippen LogP contribution >= 0.6 is 0 Å². The minimum absolute atomic E-state index is 0.270. The van der Waals surface area contributed by atoms with Crippen molar-refractivity contribution < 1.29 is 13.2 Å². The molecule has 1 aromatic rings. The number of alkyl halides is 3. The average molecular weight is 260 g/mol. The second kappa shape index (κ2) is 3.71. The average Bonchev–Trinajstić information content (AvgIpc) is 2.48. The molecule has 0 saturated carbocycles. The van der Waals surface area contributed by atoms with Crippen molar-refractivity contribution >= 4 is 0 Å². The molecule has 2 aliphatic rings. The van der Waals surface area contributed by atoms with Gasteiger partial charge in [-0.05, 0) is 0 Å². The van der Waals surface area contributed by atoms with Crippen molar-refractivity contribution in [2.75, 3.05) is 26.2 Å². The summed E-state index contributed by atoms with van der Waals surface area (Å²) in [6, 6.07) is 0. The Morgan fingerprint density at radius 3 is 2.56 bits per heavy atom. The molecule has 18 heavy (non-hydrogen) atoms. The molecule has 1 spiro atoms. The van der Waals surface area contributed by atoms with Crippen LogP contribution in [0.25, 0.3) is 0 Å². The van der Waals surface area contributed by atoms with Gasteiger partial charge in [0.05, 0.1) is 6.20 Å². The summed E-state index contributed by atoms with van der Waals surface area (Å²) in [5.74, 6) is 0. The first-order valence-corrected chi connectivity index (χ1v) is 5.91. The molecule has 2 aliphatic heterocycles. The van der Waals surface area contributed by atoms with Crippen molar-refractivity contribution in [1.82, 2.24) is 20.0 Å². The molecule has 2 saturated heterocycles. The van der Waals surface area contributed by atoms with Gasteiger partial charge in [-0.3, -0.25) is 9.58 Å². The summed E-state index contributed by atoms with van der Waals surface area (Å²) in [5, 5.41) is 6.93. The van der Waals surface area contributed by atoms with Crippen LogP contribution in [-0.2, 0) is 19.8 Å². The number of nitrogens with one attached hydrogen (secondary N) is 1. The lowest BCUT2D eigenvalue weighted by atomic mass is 9.74. The summed E-state index contributed by atoms with van der Waals surface area (Å²) < 4.78 is 39.5. The van der Waals surface area contributed by atoms with Crippen LogP contribution in [0.1, 0.15) is 11.3 Å². The fourth-order valence-electron chi connectivity index (χ4n) is 2.92. The third-order valence-electron chi connectivity index (χ3n) is 3.80. The van der Waals surface area contributed by atoms with Crippen LogP contribution in [0.2, 0.25) is 0 Å². The van der Waals surface area contributed by atoms with Gasteiger partial charge in [0, 0.05) is 50.7 Å². The van der Waals surface area contributed by atoms with Crippen molar-refractivity contribution in [3.63, 3.8) is 0 Å². The molecular weight excluding hydrogens is 245 g/mol. The molecule has 1 N–H and O–H groups in total. The minimum Gasteiger partial charge on any atom is -0.315 e. The zero-order valence-corrected chi connectivity index (χ0v) is 10.1. The Kier molecular flexibility index (Phi) is 2.47. The Morgan fingerprint density at radius 2 is 2.06 bits per heavy atom. The third kappa shape index (κ3) is 1.81. The summed E-state index contributed by atoms with van der Waals surface area (Å²) in [5.41, 5.74) is -0.0250. The highest BCUT2D eigenvalue weighted by molar-refractivity contribution is 5.21. The van der Waals surface area contributed by atoms with Crippen LogP contribution in [0.5, 0.6) is 0 Å². The van der Waals surface area contributed by atoms with E-state index < -0.39 is 11.9 Å². The molecule has 3 heterocycles. The van der Waals surface area contributed by atoms with Crippen molar-refractivity contribution in [2.45, 2.75) is 12.7 Å². The standard InChI is InChI=1S/C11H15F3N4/c1-17-9(11(12,13)14)8(2-16-17)3-18-6-10(7-18)4-15-5-10/h2,15H,3-7H2,1H3. The number of aromatic nitrogens is 2. The van der Waals surface area contributed by atoms with Gasteiger partial charge in [-0.25, -0.2) is 0 Å². The molecule has 0 bridgehead atoms. The number of rotatable bonds is 2. The van der Waals surface area contributed by atoms with E-state index in [9.17, 15) is 13.2 Å². The molecule has 1 aromatic heterocycles. The van der Waals surface area contributed by atoms with E-state index in [1.807, 2.05) is 4.90 Å². The van der Waals surface area contributed by atoms with Crippen LogP contribution in [0.4, 0.5) is 13.2 Å². The van der Waals surface area contributed by atoms with Crippen LogP contribution in [0.3, 0.4) is 0 Å². The van der Waals surface area contributed by atoms with Gasteiger partial charge in [0.1, 0.15) is 5.69 Å². The van der Waals surface area contributed by atoms with E-state index >= 15 is 0 Å². The number of aryl methyl sites for hydroxylation is 1. The highest BCUT2D eigenvalue weighted by Gasteiger charge is 2.48. The van der Waals surface area contributed by atoms with E-state index in [1.54, 1.807) is 0 Å². The lowest BCUT2D eigenvalue weighted by molar-refractivity contribution is -0.145. The Labute approximate surface area is 103 Å². The van der Waals surface area contributed by atoms with E-state index in [2.05, 4.69) is 10.4 Å². The van der Waals surface area contributed by atoms with E-state index in [-0.39, 0.29) is 5.56 Å². The number of hydrogen-bond acceptors (Lipinski definition) is 3. The maximum atomic E-state index is 12.9. The zero-order valence-electron chi connectivity index (χ0n) is 10.1. The fourth-order valence-corrected chi connectivity index (χ4v) is 2.92. The largest absolute Gasteiger partial charge is 0.433 e. The maximum absolute atomic E-state index is 12.9. The van der Waals surface area contributed by atoms with Gasteiger partial charge in [0.25, 0.3) is 0 Å². The Balaban J connectivity index is 1.70. The lowest BCUT2D eigenvalue weighted by Crippen LogP contribution is -2.70. The first-order valence-electron chi connectivity index (χ1n) is 5.91. The third-order valence-corrected chi connectivity index (χ3v) is 3.80. The van der Waals surface area contributed by atoms with Gasteiger partial charge in [-0.1, -0.05) is 0 Å². The molecule has 7 heteroatoms. The second-order valence-corrected chi connectivity index (χ2v) is 5.39. The lowest BCUT2D eigenvalue weighted by Gasteiger charge is -2.56. The summed E-state index contributed by atoms with van der Waals surface area (Å²) >= 11 is 0. The number of likely N-dealkylation sites (tertiary alicyclic amines) is 1. The second-order valence-electron chi connectivity index (χ2n) is 5.39. The number of nitrogens with zero attached hydrogens (tertiary/aromatic N) is 3. The fraction of sp³-hybridized carbons (Fsp3) is 0.727. The van der Waals surface area contributed by atoms with Gasteiger partial charge >= 0.3 is 6.18 Å². The molecular formula is C11H15F3N4. The van der Waals surface area contributed by atoms with Crippen LogP contribution < -0.4 is 5.32 Å². The van der Waals surface area contributed by atoms with Gasteiger partial charge in [-0.15, -0.1) is 0 Å². The van der Waals surface area contributed by atoms with Gasteiger partial charge in [-0.2, -0.15) is 18.3 Å². The SMILES string of the molecule is Cn1ncc(CN2CC3(CNC3)C2)c1C(F)(F)F. The molecule has 0 amide bonds. The van der Waals surface area contributed by atoms with Gasteiger partial charge in [0.15, 0.2) is 0 Å². The smallest absolute Gasteiger partial charge is 0.315 e. The molecule has 0 radical (unpaired) electrons. The topological polar surface area (TPSA) is 33.1 Å². The Hall–Kier alpha value is -1.08. The van der Waals surface area contributed by atoms with E-state index in [0.717, 1.165) is 30.9 Å². The normalized spacial score (nSPS) is 22.9. The van der Waals surface area contributed by atoms with Crippen LogP contribution in [0.15, 0.2) is 6.20 Å². The quantitative estimate of drug-likeness (QED) is 0.855. The predicted molar refractivity (Wildman–Crippen MR) is 58.8 cm³/mol. The molecule has 100 valence electrons. The highest BCUT2D eigenvalue weighted by Crippen LogP contribution is 2.37. The zero-order chi connectivity index (χ0) is 13.0. The number of hydrogen-bond donors (Lipinski definition) is 1. The first-order chi connectivity index (χ1) is 8.40. The monoisotopic (exact) mass is 260 g/mol. The van der Waals surface area contributed by atoms with Crippen molar-refractivity contribution in [3.8, 4) is 0 Å². The van der Waals surface area contributed by atoms with Crippen molar-refractivity contribution in [3.05, 3.63) is 17.5 Å². The summed E-state index contributed by atoms with van der Waals surface area (Å²) in [7, 11) is 1.33. The van der Waals surface area contributed by atoms with Gasteiger partial charge < -0.3 is 5.32 Å². The molecule has 2 fully saturated rings. The summed E-state index contributed by atoms with van der Waals surface area (Å²) in [6.45, 7) is 4.08. The minimum atomic E-state index is -4.33. The Bertz CT molecular complexity index is 453. The van der Waals surface area contributed by atoms with E-state index in [1.165, 1.54) is 13.2 Å². The van der Waals surface area contributed by atoms with Crippen molar-refractivity contribution in [2.24, 2.45) is 12.5 Å². The number of halogens is 3. The summed E-state index contributed by atoms with van der Waals surface area (Å²) in [4.78, 5) is 2.05. The van der Waals surface area contributed by atoms with Gasteiger partial charge in [0.2, 0.25) is 0 Å².